The number of aromatic nitrogens is 3. The number of alkyl halides is 3. The van der Waals surface area contributed by atoms with Crippen LogP contribution in [0, 0.1) is 11.6 Å². The number of benzene rings is 1. The van der Waals surface area contributed by atoms with E-state index in [2.05, 4.69) is 20.8 Å². The summed E-state index contributed by atoms with van der Waals surface area (Å²) in [5.74, 6) is -4.46. The van der Waals surface area contributed by atoms with E-state index in [1.54, 1.807) is 6.92 Å². The van der Waals surface area contributed by atoms with Crippen molar-refractivity contribution in [1.82, 2.24) is 19.7 Å². The van der Waals surface area contributed by atoms with Crippen LogP contribution >= 0.6 is 11.3 Å². The Balaban J connectivity index is 1.79. The smallest absolute Gasteiger partial charge is 0.507 e. The molecule has 0 unspecified atom stereocenters. The van der Waals surface area contributed by atoms with E-state index in [4.69, 9.17) is 0 Å². The third-order valence-electron chi connectivity index (χ3n) is 6.19. The van der Waals surface area contributed by atoms with Crippen LogP contribution in [0.25, 0.3) is 32.6 Å². The molecule has 4 aromatic rings. The molecule has 0 radical (unpaired) electrons. The Morgan fingerprint density at radius 2 is 1.98 bits per heavy atom. The van der Waals surface area contributed by atoms with Crippen molar-refractivity contribution in [3.8, 4) is 34.1 Å². The first-order valence-corrected chi connectivity index (χ1v) is 13.6. The van der Waals surface area contributed by atoms with Crippen LogP contribution in [0.4, 0.5) is 22.0 Å². The predicted molar refractivity (Wildman–Crippen MR) is 134 cm³/mol. The Bertz CT molecular complexity index is 1780. The first kappa shape index (κ1) is 27.5. The minimum atomic E-state index is -6.16. The van der Waals surface area contributed by atoms with Gasteiger partial charge in [0, 0.05) is 23.7 Å². The number of phenols is 1. The highest BCUT2D eigenvalue weighted by molar-refractivity contribution is 7.88. The minimum absolute atomic E-state index is 0.0130. The zero-order valence-electron chi connectivity index (χ0n) is 20.2. The zero-order chi connectivity index (χ0) is 29.1. The Hall–Kier alpha value is -4.05. The maximum atomic E-state index is 15.1. The molecule has 1 aliphatic heterocycles. The van der Waals surface area contributed by atoms with Crippen molar-refractivity contribution in [3.05, 3.63) is 59.6 Å². The van der Waals surface area contributed by atoms with Gasteiger partial charge in [0.1, 0.15) is 28.8 Å². The molecular formula is C24H17F5N4O5S2. The fraction of sp³-hybridized carbons (Fsp3) is 0.208. The molecule has 5 rings (SSSR count). The molecular weight excluding hydrogens is 583 g/mol. The van der Waals surface area contributed by atoms with Gasteiger partial charge in [-0.25, -0.2) is 13.8 Å². The number of rotatable bonds is 5. The normalized spacial score (nSPS) is 15.8. The van der Waals surface area contributed by atoms with Crippen LogP contribution in [0.1, 0.15) is 12.6 Å². The second-order valence-corrected chi connectivity index (χ2v) is 11.2. The number of pyridine rings is 1. The number of amides is 1. The number of fused-ring (bicyclic) bond motifs is 2. The Morgan fingerprint density at radius 1 is 1.25 bits per heavy atom. The zero-order valence-corrected chi connectivity index (χ0v) is 21.9. The number of halogens is 5. The average molecular weight is 601 g/mol. The number of nitrogens with zero attached hydrogens (tertiary/aromatic N) is 4. The largest absolute Gasteiger partial charge is 0.534 e. The summed E-state index contributed by atoms with van der Waals surface area (Å²) in [6, 6.07) is 3.45. The van der Waals surface area contributed by atoms with Crippen LogP contribution in [0.2, 0.25) is 0 Å². The second-order valence-electron chi connectivity index (χ2n) is 8.79. The number of hydrogen-bond acceptors (Lipinski definition) is 8. The van der Waals surface area contributed by atoms with Gasteiger partial charge in [-0.3, -0.25) is 9.48 Å². The van der Waals surface area contributed by atoms with E-state index in [0.29, 0.717) is 17.8 Å². The number of carbonyl (C=O) groups is 1. The van der Waals surface area contributed by atoms with Gasteiger partial charge in [0.15, 0.2) is 0 Å². The summed E-state index contributed by atoms with van der Waals surface area (Å²) in [4.78, 5) is 17.8. The lowest BCUT2D eigenvalue weighted by Crippen LogP contribution is -2.44. The van der Waals surface area contributed by atoms with Gasteiger partial charge >= 0.3 is 15.6 Å². The third-order valence-corrected chi connectivity index (χ3v) is 8.07. The summed E-state index contributed by atoms with van der Waals surface area (Å²) in [5.41, 5.74) is -6.43. The van der Waals surface area contributed by atoms with Crippen molar-refractivity contribution < 1.29 is 44.5 Å². The fourth-order valence-corrected chi connectivity index (χ4v) is 5.75. The van der Waals surface area contributed by atoms with Crippen LogP contribution in [0.3, 0.4) is 0 Å². The maximum Gasteiger partial charge on any atom is 0.534 e. The molecule has 0 bridgehead atoms. The molecule has 1 atom stereocenters. The topological polar surface area (TPSA) is 115 Å². The molecule has 0 fully saturated rings. The second kappa shape index (κ2) is 9.55. The summed E-state index contributed by atoms with van der Waals surface area (Å²) < 4.78 is 98.1. The van der Waals surface area contributed by atoms with Gasteiger partial charge in [0.25, 0.3) is 0 Å². The quantitative estimate of drug-likeness (QED) is 0.149. The molecule has 40 heavy (non-hydrogen) atoms. The van der Waals surface area contributed by atoms with Crippen molar-refractivity contribution >= 4 is 37.4 Å². The van der Waals surface area contributed by atoms with Gasteiger partial charge in [-0.1, -0.05) is 6.58 Å². The van der Waals surface area contributed by atoms with E-state index in [1.807, 2.05) is 0 Å². The van der Waals surface area contributed by atoms with Gasteiger partial charge in [-0.05, 0) is 30.5 Å². The molecule has 9 nitrogen and oxygen atoms in total. The molecule has 1 aromatic carbocycles. The number of carbonyl (C=O) groups excluding carboxylic acids is 1. The molecule has 0 saturated carbocycles. The molecule has 0 spiro atoms. The molecule has 3 aromatic heterocycles. The van der Waals surface area contributed by atoms with Crippen LogP contribution in [-0.2, 0) is 28.0 Å². The van der Waals surface area contributed by atoms with Crippen molar-refractivity contribution in [2.75, 3.05) is 0 Å². The Labute approximate surface area is 226 Å². The van der Waals surface area contributed by atoms with Crippen LogP contribution in [-0.4, -0.2) is 50.6 Å². The van der Waals surface area contributed by atoms with Gasteiger partial charge in [-0.15, -0.1) is 11.3 Å². The highest BCUT2D eigenvalue weighted by atomic mass is 32.2. The summed E-state index contributed by atoms with van der Waals surface area (Å²) in [5, 5.41) is 16.1. The standard InChI is InChI=1S/C24H17F5N4O5S2/c1-3-18(35)32-10-13-8-16(31-33(13)9-11(32)2)21-20(19-15(26)6-12(25)7-17(19)34)22-14(4-5-39-22)23(30-21)38-40(36,37)24(27,28)29/h3-8,11,34H,1,9-10H2,2H3/t11-/m1/s1. The van der Waals surface area contributed by atoms with Crippen LogP contribution < -0.4 is 4.18 Å². The number of hydrogen-bond donors (Lipinski definition) is 1. The van der Waals surface area contributed by atoms with E-state index in [9.17, 15) is 35.9 Å². The lowest BCUT2D eigenvalue weighted by molar-refractivity contribution is -0.129. The molecule has 4 heterocycles. The van der Waals surface area contributed by atoms with E-state index >= 15 is 4.39 Å². The highest BCUT2D eigenvalue weighted by Gasteiger charge is 2.49. The van der Waals surface area contributed by atoms with Crippen LogP contribution in [0.5, 0.6) is 11.6 Å². The van der Waals surface area contributed by atoms with Crippen molar-refractivity contribution in [2.24, 2.45) is 0 Å². The predicted octanol–water partition coefficient (Wildman–Crippen LogP) is 4.96. The number of thiophene rings is 1. The van der Waals surface area contributed by atoms with Crippen molar-refractivity contribution in [2.45, 2.75) is 31.6 Å². The summed E-state index contributed by atoms with van der Waals surface area (Å²) >= 11 is 0.863. The Kier molecular flexibility index (Phi) is 6.57. The first-order chi connectivity index (χ1) is 18.7. The van der Waals surface area contributed by atoms with Gasteiger partial charge in [0.05, 0.1) is 34.4 Å². The van der Waals surface area contributed by atoms with Crippen LogP contribution in [0.15, 0.2) is 42.3 Å². The highest BCUT2D eigenvalue weighted by Crippen LogP contribution is 2.47. The molecule has 1 amide bonds. The lowest BCUT2D eigenvalue weighted by Gasteiger charge is -2.33. The van der Waals surface area contributed by atoms with E-state index in [1.165, 1.54) is 27.1 Å². The molecule has 1 aliphatic rings. The molecule has 1 N–H and O–H groups in total. The number of phenolic OH excluding ortho intramolecular Hbond substituents is 1. The third kappa shape index (κ3) is 4.56. The van der Waals surface area contributed by atoms with Crippen molar-refractivity contribution in [3.63, 3.8) is 0 Å². The summed E-state index contributed by atoms with van der Waals surface area (Å²) in [7, 11) is -6.16. The SMILES string of the molecule is C=CC(=O)N1Cc2cc(-c3nc(OS(=O)(=O)C(F)(F)F)c4ccsc4c3-c3c(O)cc(F)cc3F)nn2C[C@H]1C. The number of aromatic hydroxyl groups is 1. The molecule has 0 aliphatic carbocycles. The minimum Gasteiger partial charge on any atom is -0.507 e. The molecule has 210 valence electrons. The molecule has 0 saturated heterocycles. The summed E-state index contributed by atoms with van der Waals surface area (Å²) in [6.07, 6.45) is 1.14. The van der Waals surface area contributed by atoms with Crippen molar-refractivity contribution in [1.29, 1.82) is 0 Å². The lowest BCUT2D eigenvalue weighted by atomic mass is 9.99. The Morgan fingerprint density at radius 3 is 2.62 bits per heavy atom. The average Bonchev–Trinajstić information content (AvgIpc) is 3.50. The monoisotopic (exact) mass is 600 g/mol. The van der Waals surface area contributed by atoms with Gasteiger partial charge < -0.3 is 14.2 Å². The van der Waals surface area contributed by atoms with Gasteiger partial charge in [0.2, 0.25) is 11.8 Å². The van der Waals surface area contributed by atoms with E-state index in [0.717, 1.165) is 17.4 Å². The molecule has 16 heteroatoms. The van der Waals surface area contributed by atoms with E-state index < -0.39 is 44.5 Å². The first-order valence-electron chi connectivity index (χ1n) is 11.3. The fourth-order valence-electron chi connectivity index (χ4n) is 4.38. The van der Waals surface area contributed by atoms with Gasteiger partial charge in [-0.2, -0.15) is 26.7 Å². The van der Waals surface area contributed by atoms with E-state index in [-0.39, 0.29) is 52.1 Å². The summed E-state index contributed by atoms with van der Waals surface area (Å²) in [6.45, 7) is 5.50. The maximum absolute atomic E-state index is 15.1.